The Morgan fingerprint density at radius 3 is 2.26 bits per heavy atom. The standard InChI is InChI=1S/C16H18FN3O2S/c17-15-1-3-16(4-2-15)23(21,22)20-11-9-19(10-12-20)13-14-5-7-18-8-6-14/h1-8H,9-13H2/p+1. The second-order valence-electron chi connectivity index (χ2n) is 5.64. The van der Waals surface area contributed by atoms with E-state index in [-0.39, 0.29) is 4.90 Å². The number of aromatic nitrogens is 1. The fourth-order valence-corrected chi connectivity index (χ4v) is 4.21. The molecule has 122 valence electrons. The average Bonchev–Trinajstić information content (AvgIpc) is 2.57. The van der Waals surface area contributed by atoms with Crippen LogP contribution >= 0.6 is 0 Å². The molecule has 2 aromatic rings. The third-order valence-corrected chi connectivity index (χ3v) is 6.00. The summed E-state index contributed by atoms with van der Waals surface area (Å²) in [5.41, 5.74) is 1.20. The van der Waals surface area contributed by atoms with Crippen LogP contribution in [0.5, 0.6) is 0 Å². The van der Waals surface area contributed by atoms with Crippen molar-refractivity contribution < 1.29 is 17.7 Å². The highest BCUT2D eigenvalue weighted by molar-refractivity contribution is 7.89. The fourth-order valence-electron chi connectivity index (χ4n) is 2.76. The maximum absolute atomic E-state index is 13.0. The summed E-state index contributed by atoms with van der Waals surface area (Å²) in [4.78, 5) is 5.50. The number of benzene rings is 1. The summed E-state index contributed by atoms with van der Waals surface area (Å²) in [6, 6.07) is 8.96. The summed E-state index contributed by atoms with van der Waals surface area (Å²) in [7, 11) is -3.53. The Morgan fingerprint density at radius 1 is 1.04 bits per heavy atom. The van der Waals surface area contributed by atoms with Crippen LogP contribution in [0, 0.1) is 5.82 Å². The molecule has 3 rings (SSSR count). The molecule has 7 heteroatoms. The fraction of sp³-hybridized carbons (Fsp3) is 0.312. The van der Waals surface area contributed by atoms with Gasteiger partial charge in [-0.25, -0.2) is 12.8 Å². The predicted molar refractivity (Wildman–Crippen MR) is 83.8 cm³/mol. The molecule has 0 amide bonds. The molecule has 23 heavy (non-hydrogen) atoms. The Kier molecular flexibility index (Phi) is 4.70. The van der Waals surface area contributed by atoms with Crippen molar-refractivity contribution in [3.05, 3.63) is 60.2 Å². The molecule has 0 bridgehead atoms. The van der Waals surface area contributed by atoms with Crippen LogP contribution in [-0.2, 0) is 16.6 Å². The SMILES string of the molecule is O=S(=O)(c1ccc(F)cc1)N1CC[NH+](Cc2ccncc2)CC1. The first-order valence-corrected chi connectivity index (χ1v) is 8.98. The topological polar surface area (TPSA) is 54.7 Å². The molecule has 5 nitrogen and oxygen atoms in total. The van der Waals surface area contributed by atoms with Crippen molar-refractivity contribution in [2.45, 2.75) is 11.4 Å². The van der Waals surface area contributed by atoms with Crippen molar-refractivity contribution in [3.8, 4) is 0 Å². The van der Waals surface area contributed by atoms with Crippen LogP contribution in [0.3, 0.4) is 0 Å². The van der Waals surface area contributed by atoms with Gasteiger partial charge in [-0.05, 0) is 36.4 Å². The Bertz CT molecular complexity index is 743. The van der Waals surface area contributed by atoms with E-state index in [0.717, 1.165) is 19.6 Å². The number of nitrogens with zero attached hydrogens (tertiary/aromatic N) is 2. The smallest absolute Gasteiger partial charge is 0.243 e. The molecule has 1 fully saturated rings. The number of sulfonamides is 1. The van der Waals surface area contributed by atoms with Gasteiger partial charge in [-0.2, -0.15) is 4.31 Å². The Balaban J connectivity index is 1.63. The van der Waals surface area contributed by atoms with Gasteiger partial charge in [-0.15, -0.1) is 0 Å². The van der Waals surface area contributed by atoms with Crippen LogP contribution in [0.15, 0.2) is 53.7 Å². The van der Waals surface area contributed by atoms with Crippen LogP contribution < -0.4 is 4.90 Å². The van der Waals surface area contributed by atoms with Crippen molar-refractivity contribution in [2.75, 3.05) is 26.2 Å². The van der Waals surface area contributed by atoms with Crippen molar-refractivity contribution in [1.29, 1.82) is 0 Å². The molecule has 1 saturated heterocycles. The molecule has 1 N–H and O–H groups in total. The molecule has 0 spiro atoms. The number of rotatable bonds is 4. The number of hydrogen-bond acceptors (Lipinski definition) is 3. The zero-order valence-electron chi connectivity index (χ0n) is 12.7. The summed E-state index contributed by atoms with van der Waals surface area (Å²) in [5.74, 6) is -0.435. The first-order valence-electron chi connectivity index (χ1n) is 7.54. The van der Waals surface area contributed by atoms with Crippen molar-refractivity contribution in [3.63, 3.8) is 0 Å². The number of pyridine rings is 1. The van der Waals surface area contributed by atoms with Gasteiger partial charge in [0.2, 0.25) is 10.0 Å². The highest BCUT2D eigenvalue weighted by Gasteiger charge is 2.30. The molecule has 0 radical (unpaired) electrons. The van der Waals surface area contributed by atoms with Crippen molar-refractivity contribution >= 4 is 10.0 Å². The van der Waals surface area contributed by atoms with Crippen LogP contribution in [0.2, 0.25) is 0 Å². The van der Waals surface area contributed by atoms with Gasteiger partial charge >= 0.3 is 0 Å². The van der Waals surface area contributed by atoms with E-state index in [1.54, 1.807) is 12.4 Å². The molecule has 0 saturated carbocycles. The Morgan fingerprint density at radius 2 is 1.65 bits per heavy atom. The largest absolute Gasteiger partial charge is 0.329 e. The van der Waals surface area contributed by atoms with E-state index in [4.69, 9.17) is 0 Å². The van der Waals surface area contributed by atoms with E-state index >= 15 is 0 Å². The third kappa shape index (κ3) is 3.74. The number of quaternary nitrogens is 1. The summed E-state index contributed by atoms with van der Waals surface area (Å²) < 4.78 is 39.5. The monoisotopic (exact) mass is 336 g/mol. The number of piperazine rings is 1. The molecule has 1 aromatic heterocycles. The van der Waals surface area contributed by atoms with Crippen LogP contribution in [0.1, 0.15) is 5.56 Å². The highest BCUT2D eigenvalue weighted by atomic mass is 32.2. The minimum Gasteiger partial charge on any atom is -0.329 e. The van der Waals surface area contributed by atoms with Gasteiger partial charge in [-0.3, -0.25) is 4.98 Å². The number of halogens is 1. The van der Waals surface area contributed by atoms with Gasteiger partial charge in [0.1, 0.15) is 12.4 Å². The molecule has 0 aliphatic carbocycles. The second kappa shape index (κ2) is 6.74. The van der Waals surface area contributed by atoms with Crippen molar-refractivity contribution in [1.82, 2.24) is 9.29 Å². The summed E-state index contributed by atoms with van der Waals surface area (Å²) >= 11 is 0. The first kappa shape index (κ1) is 16.0. The van der Waals surface area contributed by atoms with Gasteiger partial charge in [0.15, 0.2) is 0 Å². The van der Waals surface area contributed by atoms with E-state index in [1.165, 1.54) is 39.0 Å². The van der Waals surface area contributed by atoms with Crippen LogP contribution in [-0.4, -0.2) is 43.9 Å². The quantitative estimate of drug-likeness (QED) is 0.874. The van der Waals surface area contributed by atoms with Gasteiger partial charge in [0, 0.05) is 18.0 Å². The Hall–Kier alpha value is -1.83. The normalized spacial score (nSPS) is 17.3. The molecule has 1 aliphatic rings. The minimum atomic E-state index is -3.53. The first-order chi connectivity index (χ1) is 11.1. The predicted octanol–water partition coefficient (Wildman–Crippen LogP) is 0.310. The van der Waals surface area contributed by atoms with E-state index in [2.05, 4.69) is 4.98 Å². The molecular weight excluding hydrogens is 317 g/mol. The molecule has 0 unspecified atom stereocenters. The van der Waals surface area contributed by atoms with Gasteiger partial charge in [0.05, 0.1) is 31.1 Å². The maximum atomic E-state index is 13.0. The summed E-state index contributed by atoms with van der Waals surface area (Å²) in [6.07, 6.45) is 3.54. The number of nitrogens with one attached hydrogen (secondary N) is 1. The van der Waals surface area contributed by atoms with Crippen LogP contribution in [0.4, 0.5) is 4.39 Å². The lowest BCUT2D eigenvalue weighted by Gasteiger charge is -2.31. The van der Waals surface area contributed by atoms with E-state index in [0.29, 0.717) is 13.1 Å². The third-order valence-electron chi connectivity index (χ3n) is 4.08. The van der Waals surface area contributed by atoms with Gasteiger partial charge in [-0.1, -0.05) is 0 Å². The van der Waals surface area contributed by atoms with Crippen molar-refractivity contribution in [2.24, 2.45) is 0 Å². The minimum absolute atomic E-state index is 0.150. The molecule has 1 aromatic carbocycles. The van der Waals surface area contributed by atoms with E-state index in [9.17, 15) is 12.8 Å². The van der Waals surface area contributed by atoms with Gasteiger partial charge in [0.25, 0.3) is 0 Å². The van der Waals surface area contributed by atoms with Crippen LogP contribution in [0.25, 0.3) is 0 Å². The van der Waals surface area contributed by atoms with E-state index in [1.807, 2.05) is 12.1 Å². The molecule has 2 heterocycles. The maximum Gasteiger partial charge on any atom is 0.243 e. The molecule has 0 atom stereocenters. The number of hydrogen-bond donors (Lipinski definition) is 1. The lowest BCUT2D eigenvalue weighted by atomic mass is 10.2. The summed E-state index contributed by atoms with van der Waals surface area (Å²) in [5, 5.41) is 0. The van der Waals surface area contributed by atoms with E-state index < -0.39 is 15.8 Å². The summed E-state index contributed by atoms with van der Waals surface area (Å²) in [6.45, 7) is 3.32. The highest BCUT2D eigenvalue weighted by Crippen LogP contribution is 2.16. The molecule has 1 aliphatic heterocycles. The second-order valence-corrected chi connectivity index (χ2v) is 7.58. The molecular formula is C16H19FN3O2S+. The Labute approximate surface area is 135 Å². The van der Waals surface area contributed by atoms with Gasteiger partial charge < -0.3 is 4.90 Å². The lowest BCUT2D eigenvalue weighted by Crippen LogP contribution is -3.13. The lowest BCUT2D eigenvalue weighted by molar-refractivity contribution is -0.917. The zero-order valence-corrected chi connectivity index (χ0v) is 13.5. The zero-order chi connectivity index (χ0) is 16.3. The average molecular weight is 336 g/mol.